The molecule has 0 atom stereocenters. The van der Waals surface area contributed by atoms with Crippen molar-refractivity contribution in [2.24, 2.45) is 0 Å². The average molecular weight is 422 g/mol. The molecule has 0 aromatic carbocycles. The highest BCUT2D eigenvalue weighted by atomic mass is 16.5. The van der Waals surface area contributed by atoms with Crippen LogP contribution < -0.4 is 20.5 Å². The summed E-state index contributed by atoms with van der Waals surface area (Å²) < 4.78 is 11.3. The van der Waals surface area contributed by atoms with Gasteiger partial charge in [0.15, 0.2) is 0 Å². The monoisotopic (exact) mass is 421 g/mol. The molecule has 0 aliphatic carbocycles. The number of hydrogen-bond acceptors (Lipinski definition) is 9. The van der Waals surface area contributed by atoms with Crippen LogP contribution in [0.1, 0.15) is 16.8 Å². The molecular formula is C22H27N7O2. The molecule has 0 saturated carbocycles. The van der Waals surface area contributed by atoms with E-state index < -0.39 is 0 Å². The molecule has 1 saturated heterocycles. The number of ether oxygens (including phenoxy) is 2. The predicted octanol–water partition coefficient (Wildman–Crippen LogP) is 2.15. The molecule has 0 bridgehead atoms. The fraction of sp³-hybridized carbons (Fsp3) is 0.364. The lowest BCUT2D eigenvalue weighted by atomic mass is 10.2. The van der Waals surface area contributed by atoms with Crippen LogP contribution >= 0.6 is 0 Å². The summed E-state index contributed by atoms with van der Waals surface area (Å²) in [6.45, 7) is 6.02. The summed E-state index contributed by atoms with van der Waals surface area (Å²) in [7, 11) is 0. The van der Waals surface area contributed by atoms with Crippen LogP contribution in [0.3, 0.4) is 0 Å². The van der Waals surface area contributed by atoms with E-state index in [4.69, 9.17) is 9.47 Å². The van der Waals surface area contributed by atoms with Gasteiger partial charge >= 0.3 is 6.01 Å². The van der Waals surface area contributed by atoms with Crippen molar-refractivity contribution in [2.45, 2.75) is 19.9 Å². The Hall–Kier alpha value is -3.30. The molecule has 9 nitrogen and oxygen atoms in total. The summed E-state index contributed by atoms with van der Waals surface area (Å²) in [5.74, 6) is 1.46. The zero-order valence-corrected chi connectivity index (χ0v) is 17.6. The van der Waals surface area contributed by atoms with Gasteiger partial charge in [-0.15, -0.1) is 0 Å². The van der Waals surface area contributed by atoms with Gasteiger partial charge in [0.2, 0.25) is 0 Å². The number of nitrogens with zero attached hydrogens (tertiary/aromatic N) is 5. The highest BCUT2D eigenvalue weighted by molar-refractivity contribution is 5.50. The van der Waals surface area contributed by atoms with Crippen LogP contribution in [0.4, 0.5) is 11.6 Å². The summed E-state index contributed by atoms with van der Waals surface area (Å²) in [5.41, 5.74) is 9.54. The Morgan fingerprint density at radius 2 is 2.03 bits per heavy atom. The van der Waals surface area contributed by atoms with Crippen LogP contribution in [0.2, 0.25) is 0 Å². The molecule has 2 N–H and O–H groups in total. The molecule has 9 heteroatoms. The Bertz CT molecular complexity index is 965. The number of nitrogens with one attached hydrogen (secondary N) is 2. The van der Waals surface area contributed by atoms with Gasteiger partial charge in [-0.1, -0.05) is 12.1 Å². The molecule has 1 aliphatic heterocycles. The Morgan fingerprint density at radius 3 is 2.84 bits per heavy atom. The van der Waals surface area contributed by atoms with Crippen molar-refractivity contribution in [3.05, 3.63) is 65.7 Å². The van der Waals surface area contributed by atoms with Gasteiger partial charge in [0, 0.05) is 56.4 Å². The summed E-state index contributed by atoms with van der Waals surface area (Å²) in [4.78, 5) is 19.8. The van der Waals surface area contributed by atoms with Gasteiger partial charge in [-0.3, -0.25) is 9.97 Å². The van der Waals surface area contributed by atoms with Crippen molar-refractivity contribution >= 4 is 11.6 Å². The third-order valence-electron chi connectivity index (χ3n) is 4.78. The number of aromatic nitrogens is 4. The minimum absolute atomic E-state index is 0.335. The molecule has 1 aliphatic rings. The fourth-order valence-corrected chi connectivity index (χ4v) is 3.24. The van der Waals surface area contributed by atoms with E-state index in [-0.39, 0.29) is 0 Å². The van der Waals surface area contributed by atoms with Crippen LogP contribution in [0.25, 0.3) is 0 Å². The zero-order valence-electron chi connectivity index (χ0n) is 17.6. The number of rotatable bonds is 9. The molecule has 0 radical (unpaired) electrons. The molecule has 31 heavy (non-hydrogen) atoms. The summed E-state index contributed by atoms with van der Waals surface area (Å²) in [5, 5.41) is 0. The van der Waals surface area contributed by atoms with Crippen LogP contribution in [0.15, 0.2) is 48.9 Å². The second-order valence-electron chi connectivity index (χ2n) is 7.26. The Morgan fingerprint density at radius 1 is 1.13 bits per heavy atom. The van der Waals surface area contributed by atoms with Gasteiger partial charge in [-0.25, -0.2) is 5.43 Å². The number of aryl methyl sites for hydroxylation is 1. The largest absolute Gasteiger partial charge is 0.463 e. The van der Waals surface area contributed by atoms with E-state index in [1.54, 1.807) is 6.20 Å². The fourth-order valence-electron chi connectivity index (χ4n) is 3.24. The lowest BCUT2D eigenvalue weighted by molar-refractivity contribution is 0.122. The van der Waals surface area contributed by atoms with E-state index >= 15 is 0 Å². The molecule has 0 unspecified atom stereocenters. The molecule has 4 heterocycles. The highest BCUT2D eigenvalue weighted by Crippen LogP contribution is 2.20. The van der Waals surface area contributed by atoms with Crippen molar-refractivity contribution < 1.29 is 9.47 Å². The highest BCUT2D eigenvalue weighted by Gasteiger charge is 2.15. The number of pyridine rings is 2. The predicted molar refractivity (Wildman–Crippen MR) is 118 cm³/mol. The number of hydrazine groups is 1. The zero-order chi connectivity index (χ0) is 21.3. The van der Waals surface area contributed by atoms with E-state index in [1.165, 1.54) is 0 Å². The van der Waals surface area contributed by atoms with E-state index in [1.807, 2.05) is 43.6 Å². The number of anilines is 2. The Labute approximate surface area is 181 Å². The molecule has 3 aromatic heterocycles. The normalized spacial score (nSPS) is 13.8. The van der Waals surface area contributed by atoms with Gasteiger partial charge in [0.1, 0.15) is 11.6 Å². The first-order chi connectivity index (χ1) is 15.3. The first-order valence-electron chi connectivity index (χ1n) is 10.4. The average Bonchev–Trinajstić information content (AvgIpc) is 2.80. The van der Waals surface area contributed by atoms with Gasteiger partial charge in [0.25, 0.3) is 0 Å². The quantitative estimate of drug-likeness (QED) is 0.504. The van der Waals surface area contributed by atoms with Crippen molar-refractivity contribution in [2.75, 3.05) is 43.2 Å². The van der Waals surface area contributed by atoms with E-state index in [0.717, 1.165) is 35.7 Å². The third-order valence-corrected chi connectivity index (χ3v) is 4.78. The van der Waals surface area contributed by atoms with Crippen LogP contribution in [-0.2, 0) is 17.7 Å². The standard InChI is InChI=1S/C22H27N7O2/c1-17-12-18(15-23-14-17)16-25-28-20-13-21(29-7-10-30-11-8-29)27-22(26-20)31-9-5-19-4-2-3-6-24-19/h2-4,6,12-15,25H,5,7-11,16H2,1H3,(H,26,27,28). The molecule has 3 aromatic rings. The first-order valence-corrected chi connectivity index (χ1v) is 10.4. The van der Waals surface area contributed by atoms with Crippen LogP contribution in [0.5, 0.6) is 6.01 Å². The maximum absolute atomic E-state index is 5.86. The summed E-state index contributed by atoms with van der Waals surface area (Å²) in [6, 6.07) is 10.2. The summed E-state index contributed by atoms with van der Waals surface area (Å²) in [6.07, 6.45) is 6.15. The molecule has 1 fully saturated rings. The maximum atomic E-state index is 5.86. The number of morpholine rings is 1. The van der Waals surface area contributed by atoms with Crippen molar-refractivity contribution in [3.8, 4) is 6.01 Å². The molecular weight excluding hydrogens is 394 g/mol. The van der Waals surface area contributed by atoms with Gasteiger partial charge in [0.05, 0.1) is 19.8 Å². The maximum Gasteiger partial charge on any atom is 0.320 e. The smallest absolute Gasteiger partial charge is 0.320 e. The topological polar surface area (TPSA) is 97.3 Å². The minimum atomic E-state index is 0.335. The van der Waals surface area contributed by atoms with Gasteiger partial charge in [-0.2, -0.15) is 9.97 Å². The van der Waals surface area contributed by atoms with Crippen molar-refractivity contribution in [1.82, 2.24) is 25.4 Å². The van der Waals surface area contributed by atoms with Gasteiger partial charge in [-0.05, 0) is 30.2 Å². The van der Waals surface area contributed by atoms with Crippen molar-refractivity contribution in [3.63, 3.8) is 0 Å². The Kier molecular flexibility index (Phi) is 7.20. The molecule has 162 valence electrons. The summed E-state index contributed by atoms with van der Waals surface area (Å²) >= 11 is 0. The molecule has 0 amide bonds. The van der Waals surface area contributed by atoms with E-state index in [0.29, 0.717) is 44.6 Å². The second kappa shape index (κ2) is 10.6. The van der Waals surface area contributed by atoms with Crippen LogP contribution in [-0.4, -0.2) is 52.8 Å². The van der Waals surface area contributed by atoms with E-state index in [2.05, 4.69) is 41.8 Å². The molecule has 4 rings (SSSR count). The third kappa shape index (κ3) is 6.34. The first kappa shape index (κ1) is 21.0. The van der Waals surface area contributed by atoms with Gasteiger partial charge < -0.3 is 19.8 Å². The second-order valence-corrected chi connectivity index (χ2v) is 7.26. The SMILES string of the molecule is Cc1cncc(CNNc2cc(N3CCOCC3)nc(OCCc3ccccn3)n2)c1. The lowest BCUT2D eigenvalue weighted by Gasteiger charge is -2.28. The number of hydrogen-bond donors (Lipinski definition) is 2. The van der Waals surface area contributed by atoms with E-state index in [9.17, 15) is 0 Å². The minimum Gasteiger partial charge on any atom is -0.463 e. The van der Waals surface area contributed by atoms with Crippen molar-refractivity contribution in [1.29, 1.82) is 0 Å². The molecule has 0 spiro atoms. The Balaban J connectivity index is 1.41. The lowest BCUT2D eigenvalue weighted by Crippen LogP contribution is -2.37. The van der Waals surface area contributed by atoms with Crippen LogP contribution in [0, 0.1) is 6.92 Å².